The lowest BCUT2D eigenvalue weighted by atomic mass is 9.97. The Bertz CT molecular complexity index is 346. The summed E-state index contributed by atoms with van der Waals surface area (Å²) in [5.74, 6) is 0.0297. The average molecular weight is 290 g/mol. The molecule has 0 fully saturated rings. The number of amides is 1. The third kappa shape index (κ3) is 3.95. The number of thiophene rings is 1. The fraction of sp³-hybridized carbons (Fsp3) is 0.545. The predicted molar refractivity (Wildman–Crippen MR) is 69.0 cm³/mol. The van der Waals surface area contributed by atoms with Crippen LogP contribution in [-0.4, -0.2) is 17.8 Å². The first-order valence-corrected chi connectivity index (χ1v) is 6.79. The van der Waals surface area contributed by atoms with Gasteiger partial charge in [-0.2, -0.15) is 0 Å². The second kappa shape index (κ2) is 5.12. The fourth-order valence-corrected chi connectivity index (χ4v) is 1.99. The molecule has 0 aromatic carbocycles. The van der Waals surface area contributed by atoms with E-state index in [4.69, 9.17) is 0 Å². The number of halogens is 1. The van der Waals surface area contributed by atoms with Gasteiger partial charge in [0, 0.05) is 16.8 Å². The highest BCUT2D eigenvalue weighted by Gasteiger charge is 2.17. The molecule has 0 aliphatic heterocycles. The van der Waals surface area contributed by atoms with E-state index < -0.39 is 0 Å². The summed E-state index contributed by atoms with van der Waals surface area (Å²) in [7, 11) is 0. The van der Waals surface area contributed by atoms with E-state index in [2.05, 4.69) is 35.1 Å². The quantitative estimate of drug-likeness (QED) is 0.848. The minimum Gasteiger partial charge on any atom is -0.351 e. The van der Waals surface area contributed by atoms with Crippen molar-refractivity contribution in [1.82, 2.24) is 5.32 Å². The number of rotatable bonds is 4. The zero-order valence-electron chi connectivity index (χ0n) is 9.26. The van der Waals surface area contributed by atoms with E-state index in [1.165, 1.54) is 16.2 Å². The predicted octanol–water partition coefficient (Wildman–Crippen LogP) is 3.21. The molecule has 0 spiro atoms. The van der Waals surface area contributed by atoms with Gasteiger partial charge < -0.3 is 5.32 Å². The zero-order valence-corrected chi connectivity index (χ0v) is 11.7. The fourth-order valence-electron chi connectivity index (χ4n) is 1.01. The molecule has 4 heteroatoms. The Labute approximate surface area is 103 Å². The van der Waals surface area contributed by atoms with Crippen molar-refractivity contribution in [2.24, 2.45) is 5.41 Å². The first-order chi connectivity index (χ1) is 6.94. The molecule has 1 amide bonds. The summed E-state index contributed by atoms with van der Waals surface area (Å²) in [6.45, 7) is 6.92. The molecule has 0 unspecified atom stereocenters. The molecule has 1 rings (SSSR count). The van der Waals surface area contributed by atoms with Crippen molar-refractivity contribution in [1.29, 1.82) is 0 Å². The summed E-state index contributed by atoms with van der Waals surface area (Å²) < 4.78 is 0. The molecule has 0 aliphatic carbocycles. The Morgan fingerprint density at radius 3 is 2.67 bits per heavy atom. The molecule has 84 valence electrons. The first kappa shape index (κ1) is 12.7. The Kier molecular flexibility index (Phi) is 4.34. The normalized spacial score (nSPS) is 11.5. The van der Waals surface area contributed by atoms with E-state index in [0.29, 0.717) is 6.54 Å². The Balaban J connectivity index is 2.50. The van der Waals surface area contributed by atoms with Crippen molar-refractivity contribution < 1.29 is 4.79 Å². The van der Waals surface area contributed by atoms with Crippen molar-refractivity contribution in [2.45, 2.75) is 20.8 Å². The SMILES string of the molecule is Cc1ccc(C(=O)NCC(C)(C)CBr)s1. The first-order valence-electron chi connectivity index (χ1n) is 4.85. The van der Waals surface area contributed by atoms with Gasteiger partial charge in [0.25, 0.3) is 5.91 Å². The Morgan fingerprint density at radius 1 is 1.53 bits per heavy atom. The average Bonchev–Trinajstić information content (AvgIpc) is 2.61. The number of hydrogen-bond acceptors (Lipinski definition) is 2. The van der Waals surface area contributed by atoms with Crippen molar-refractivity contribution in [3.05, 3.63) is 21.9 Å². The largest absolute Gasteiger partial charge is 0.351 e. The molecule has 0 radical (unpaired) electrons. The minimum atomic E-state index is 0.0297. The second-order valence-electron chi connectivity index (χ2n) is 4.39. The maximum absolute atomic E-state index is 11.7. The third-order valence-corrected chi connectivity index (χ3v) is 4.57. The van der Waals surface area contributed by atoms with Crippen molar-refractivity contribution in [2.75, 3.05) is 11.9 Å². The van der Waals surface area contributed by atoms with Gasteiger partial charge in [-0.05, 0) is 24.5 Å². The number of nitrogens with one attached hydrogen (secondary N) is 1. The van der Waals surface area contributed by atoms with Gasteiger partial charge in [-0.1, -0.05) is 29.8 Å². The molecule has 1 heterocycles. The summed E-state index contributed by atoms with van der Waals surface area (Å²) in [4.78, 5) is 13.7. The van der Waals surface area contributed by atoms with Crippen LogP contribution in [0.4, 0.5) is 0 Å². The molecule has 0 bridgehead atoms. The number of alkyl halides is 1. The second-order valence-corrected chi connectivity index (χ2v) is 6.24. The molecule has 0 aliphatic rings. The van der Waals surface area contributed by atoms with E-state index in [1.807, 2.05) is 19.1 Å². The summed E-state index contributed by atoms with van der Waals surface area (Å²) in [5.41, 5.74) is 0.0992. The van der Waals surface area contributed by atoms with Crippen LogP contribution in [0.1, 0.15) is 28.4 Å². The van der Waals surface area contributed by atoms with Gasteiger partial charge in [0.15, 0.2) is 0 Å². The van der Waals surface area contributed by atoms with Crippen molar-refractivity contribution in [3.63, 3.8) is 0 Å². The van der Waals surface area contributed by atoms with Crippen LogP contribution >= 0.6 is 27.3 Å². The molecular formula is C11H16BrNOS. The van der Waals surface area contributed by atoms with E-state index in [9.17, 15) is 4.79 Å². The lowest BCUT2D eigenvalue weighted by Gasteiger charge is -2.21. The van der Waals surface area contributed by atoms with Crippen LogP contribution < -0.4 is 5.32 Å². The van der Waals surface area contributed by atoms with Crippen molar-refractivity contribution in [3.8, 4) is 0 Å². The van der Waals surface area contributed by atoms with E-state index in [-0.39, 0.29) is 11.3 Å². The van der Waals surface area contributed by atoms with Crippen LogP contribution in [-0.2, 0) is 0 Å². The maximum Gasteiger partial charge on any atom is 0.261 e. The zero-order chi connectivity index (χ0) is 11.5. The van der Waals surface area contributed by atoms with Crippen LogP contribution in [0.15, 0.2) is 12.1 Å². The summed E-state index contributed by atoms with van der Waals surface area (Å²) >= 11 is 4.96. The lowest BCUT2D eigenvalue weighted by molar-refractivity contribution is 0.0944. The van der Waals surface area contributed by atoms with Crippen LogP contribution in [0.5, 0.6) is 0 Å². The van der Waals surface area contributed by atoms with Gasteiger partial charge >= 0.3 is 0 Å². The number of hydrogen-bond donors (Lipinski definition) is 1. The van der Waals surface area contributed by atoms with Gasteiger partial charge in [-0.3, -0.25) is 4.79 Å². The number of carbonyl (C=O) groups is 1. The Hall–Kier alpha value is -0.350. The maximum atomic E-state index is 11.7. The molecule has 15 heavy (non-hydrogen) atoms. The number of carbonyl (C=O) groups excluding carboxylic acids is 1. The smallest absolute Gasteiger partial charge is 0.261 e. The summed E-state index contributed by atoms with van der Waals surface area (Å²) in [5, 5.41) is 3.82. The molecule has 0 atom stereocenters. The van der Waals surface area contributed by atoms with Crippen LogP contribution in [0, 0.1) is 12.3 Å². The summed E-state index contributed by atoms with van der Waals surface area (Å²) in [6, 6.07) is 3.84. The summed E-state index contributed by atoms with van der Waals surface area (Å²) in [6.07, 6.45) is 0. The van der Waals surface area contributed by atoms with Gasteiger partial charge in [0.2, 0.25) is 0 Å². The van der Waals surface area contributed by atoms with E-state index in [0.717, 1.165) is 10.2 Å². The lowest BCUT2D eigenvalue weighted by Crippen LogP contribution is -2.34. The van der Waals surface area contributed by atoms with Gasteiger partial charge in [-0.25, -0.2) is 0 Å². The highest BCUT2D eigenvalue weighted by Crippen LogP contribution is 2.18. The molecule has 1 N–H and O–H groups in total. The minimum absolute atomic E-state index is 0.0297. The topological polar surface area (TPSA) is 29.1 Å². The van der Waals surface area contributed by atoms with Crippen LogP contribution in [0.2, 0.25) is 0 Å². The third-order valence-electron chi connectivity index (χ3n) is 2.05. The van der Waals surface area contributed by atoms with Gasteiger partial charge in [0.05, 0.1) is 4.88 Å². The molecule has 1 aromatic heterocycles. The van der Waals surface area contributed by atoms with E-state index >= 15 is 0 Å². The van der Waals surface area contributed by atoms with E-state index in [1.54, 1.807) is 0 Å². The highest BCUT2D eigenvalue weighted by atomic mass is 79.9. The molecule has 0 saturated carbocycles. The molecular weight excluding hydrogens is 274 g/mol. The monoisotopic (exact) mass is 289 g/mol. The highest BCUT2D eigenvalue weighted by molar-refractivity contribution is 9.09. The van der Waals surface area contributed by atoms with Gasteiger partial charge in [-0.15, -0.1) is 11.3 Å². The number of aryl methyl sites for hydroxylation is 1. The molecule has 2 nitrogen and oxygen atoms in total. The van der Waals surface area contributed by atoms with Crippen LogP contribution in [0.3, 0.4) is 0 Å². The molecule has 0 saturated heterocycles. The van der Waals surface area contributed by atoms with Crippen LogP contribution in [0.25, 0.3) is 0 Å². The van der Waals surface area contributed by atoms with Gasteiger partial charge in [0.1, 0.15) is 0 Å². The Morgan fingerprint density at radius 2 is 2.20 bits per heavy atom. The van der Waals surface area contributed by atoms with Crippen molar-refractivity contribution >= 4 is 33.2 Å². The standard InChI is InChI=1S/C11H16BrNOS/c1-8-4-5-9(15-8)10(14)13-7-11(2,3)6-12/h4-5H,6-7H2,1-3H3,(H,13,14). The molecule has 1 aromatic rings.